The van der Waals surface area contributed by atoms with Gasteiger partial charge in [-0.2, -0.15) is 0 Å². The van der Waals surface area contributed by atoms with Gasteiger partial charge in [0, 0.05) is 25.6 Å². The van der Waals surface area contributed by atoms with E-state index in [1.165, 1.54) is 32.1 Å². The molecule has 18 heavy (non-hydrogen) atoms. The van der Waals surface area contributed by atoms with Gasteiger partial charge in [-0.3, -0.25) is 4.79 Å². The Balaban J connectivity index is 2.31. The van der Waals surface area contributed by atoms with Crippen LogP contribution in [0.1, 0.15) is 65.2 Å². The van der Waals surface area contributed by atoms with Crippen LogP contribution in [0.15, 0.2) is 0 Å². The number of rotatable bonds is 7. The van der Waals surface area contributed by atoms with Gasteiger partial charge in [-0.25, -0.2) is 0 Å². The molecule has 3 heteroatoms. The molecule has 0 spiro atoms. The molecule has 0 bridgehead atoms. The molecule has 0 aromatic rings. The topological polar surface area (TPSA) is 40.5 Å². The van der Waals surface area contributed by atoms with Gasteiger partial charge in [0.2, 0.25) is 5.91 Å². The summed E-state index contributed by atoms with van der Waals surface area (Å²) in [6, 6.07) is 0.246. The molecular formula is C15H29NO2. The molecule has 0 aromatic carbocycles. The summed E-state index contributed by atoms with van der Waals surface area (Å²) in [4.78, 5) is 14.1. The average molecular weight is 255 g/mol. The van der Waals surface area contributed by atoms with Gasteiger partial charge in [0.15, 0.2) is 0 Å². The Morgan fingerprint density at radius 3 is 2.50 bits per heavy atom. The molecule has 1 rings (SSSR count). The minimum atomic E-state index is 0.166. The first-order valence-electron chi connectivity index (χ1n) is 7.55. The summed E-state index contributed by atoms with van der Waals surface area (Å²) in [5, 5.41) is 8.87. The monoisotopic (exact) mass is 255 g/mol. The predicted octanol–water partition coefficient (Wildman–Crippen LogP) is 2.97. The van der Waals surface area contributed by atoms with Crippen LogP contribution in [0, 0.1) is 5.92 Å². The molecule has 1 amide bonds. The van der Waals surface area contributed by atoms with Crippen molar-refractivity contribution in [2.24, 2.45) is 5.92 Å². The summed E-state index contributed by atoms with van der Waals surface area (Å²) in [6.07, 6.45) is 9.12. The normalized spacial score (nSPS) is 17.1. The fraction of sp³-hybridized carbons (Fsp3) is 0.933. The van der Waals surface area contributed by atoms with Crippen molar-refractivity contribution in [1.29, 1.82) is 0 Å². The van der Waals surface area contributed by atoms with Crippen molar-refractivity contribution >= 4 is 5.91 Å². The molecule has 0 radical (unpaired) electrons. The zero-order valence-electron chi connectivity index (χ0n) is 12.0. The van der Waals surface area contributed by atoms with E-state index in [2.05, 4.69) is 13.8 Å². The Morgan fingerprint density at radius 1 is 1.28 bits per heavy atom. The Bertz CT molecular complexity index is 235. The molecular weight excluding hydrogens is 226 g/mol. The van der Waals surface area contributed by atoms with Crippen molar-refractivity contribution in [3.8, 4) is 0 Å². The van der Waals surface area contributed by atoms with Crippen LogP contribution in [0.3, 0.4) is 0 Å². The molecule has 0 heterocycles. The van der Waals surface area contributed by atoms with Crippen LogP contribution in [0.25, 0.3) is 0 Å². The lowest BCUT2D eigenvalue weighted by atomic mass is 9.86. The minimum absolute atomic E-state index is 0.166. The number of carbonyl (C=O) groups is 1. The molecule has 0 saturated heterocycles. The maximum atomic E-state index is 12.2. The zero-order chi connectivity index (χ0) is 13.4. The number of hydrogen-bond acceptors (Lipinski definition) is 2. The van der Waals surface area contributed by atoms with E-state index < -0.39 is 0 Å². The lowest BCUT2D eigenvalue weighted by molar-refractivity contribution is -0.133. The van der Waals surface area contributed by atoms with Crippen molar-refractivity contribution in [1.82, 2.24) is 4.90 Å². The standard InChI is InChI=1S/C15H29NO2/c1-13(2)16(11-6-12-17)15(18)10-9-14-7-4-3-5-8-14/h13-14,17H,3-12H2,1-2H3. The van der Waals surface area contributed by atoms with Gasteiger partial charge < -0.3 is 10.0 Å². The number of hydrogen-bond donors (Lipinski definition) is 1. The quantitative estimate of drug-likeness (QED) is 0.760. The van der Waals surface area contributed by atoms with Crippen LogP contribution < -0.4 is 0 Å². The highest BCUT2D eigenvalue weighted by atomic mass is 16.3. The van der Waals surface area contributed by atoms with Gasteiger partial charge in [0.1, 0.15) is 0 Å². The van der Waals surface area contributed by atoms with E-state index in [0.29, 0.717) is 19.4 Å². The molecule has 1 saturated carbocycles. The van der Waals surface area contributed by atoms with E-state index >= 15 is 0 Å². The van der Waals surface area contributed by atoms with Gasteiger partial charge in [0.25, 0.3) is 0 Å². The molecule has 0 unspecified atom stereocenters. The molecule has 106 valence electrons. The molecule has 0 atom stereocenters. The number of amides is 1. The first kappa shape index (κ1) is 15.5. The smallest absolute Gasteiger partial charge is 0.222 e. The fourth-order valence-electron chi connectivity index (χ4n) is 2.86. The van der Waals surface area contributed by atoms with Crippen LogP contribution in [-0.2, 0) is 4.79 Å². The molecule has 1 fully saturated rings. The van der Waals surface area contributed by atoms with Crippen molar-refractivity contribution in [3.63, 3.8) is 0 Å². The third-order valence-corrected chi connectivity index (χ3v) is 3.99. The van der Waals surface area contributed by atoms with Crippen molar-refractivity contribution < 1.29 is 9.90 Å². The molecule has 1 N–H and O–H groups in total. The average Bonchev–Trinajstić information content (AvgIpc) is 2.37. The van der Waals surface area contributed by atoms with Gasteiger partial charge in [-0.05, 0) is 32.6 Å². The second-order valence-corrected chi connectivity index (χ2v) is 5.80. The highest BCUT2D eigenvalue weighted by Crippen LogP contribution is 2.27. The number of nitrogens with zero attached hydrogens (tertiary/aromatic N) is 1. The summed E-state index contributed by atoms with van der Waals surface area (Å²) in [7, 11) is 0. The second kappa shape index (κ2) is 8.52. The molecule has 1 aliphatic carbocycles. The van der Waals surface area contributed by atoms with Crippen LogP contribution in [0.4, 0.5) is 0 Å². The summed E-state index contributed by atoms with van der Waals surface area (Å²) in [5.41, 5.74) is 0. The Kier molecular flexibility index (Phi) is 7.33. The number of carbonyl (C=O) groups excluding carboxylic acids is 1. The molecule has 1 aliphatic rings. The van der Waals surface area contributed by atoms with Crippen molar-refractivity contribution in [2.75, 3.05) is 13.2 Å². The maximum Gasteiger partial charge on any atom is 0.222 e. The van der Waals surface area contributed by atoms with Gasteiger partial charge in [-0.15, -0.1) is 0 Å². The van der Waals surface area contributed by atoms with E-state index in [-0.39, 0.29) is 18.6 Å². The Hall–Kier alpha value is -0.570. The minimum Gasteiger partial charge on any atom is -0.396 e. The van der Waals surface area contributed by atoms with Gasteiger partial charge in [-0.1, -0.05) is 32.1 Å². The summed E-state index contributed by atoms with van der Waals surface area (Å²) >= 11 is 0. The van der Waals surface area contributed by atoms with Crippen molar-refractivity contribution in [2.45, 2.75) is 71.3 Å². The van der Waals surface area contributed by atoms with E-state index in [1.807, 2.05) is 4.90 Å². The SMILES string of the molecule is CC(C)N(CCCO)C(=O)CCC1CCCCC1. The summed E-state index contributed by atoms with van der Waals surface area (Å²) < 4.78 is 0. The lowest BCUT2D eigenvalue weighted by Gasteiger charge is -2.28. The van der Waals surface area contributed by atoms with Crippen LogP contribution in [0.5, 0.6) is 0 Å². The second-order valence-electron chi connectivity index (χ2n) is 5.80. The maximum absolute atomic E-state index is 12.2. The highest BCUT2D eigenvalue weighted by Gasteiger charge is 2.19. The third-order valence-electron chi connectivity index (χ3n) is 3.99. The summed E-state index contributed by atoms with van der Waals surface area (Å²) in [5.74, 6) is 1.04. The predicted molar refractivity (Wildman–Crippen MR) is 74.4 cm³/mol. The van der Waals surface area contributed by atoms with Gasteiger partial charge in [0.05, 0.1) is 0 Å². The highest BCUT2D eigenvalue weighted by molar-refractivity contribution is 5.76. The first-order valence-corrected chi connectivity index (χ1v) is 7.55. The van der Waals surface area contributed by atoms with E-state index in [0.717, 1.165) is 12.3 Å². The molecule has 0 aliphatic heterocycles. The third kappa shape index (κ3) is 5.38. The number of aliphatic hydroxyl groups excluding tert-OH is 1. The Morgan fingerprint density at radius 2 is 1.94 bits per heavy atom. The van der Waals surface area contributed by atoms with Gasteiger partial charge >= 0.3 is 0 Å². The molecule has 3 nitrogen and oxygen atoms in total. The first-order chi connectivity index (χ1) is 8.65. The summed E-state index contributed by atoms with van der Waals surface area (Å²) in [6.45, 7) is 4.96. The van der Waals surface area contributed by atoms with Crippen molar-refractivity contribution in [3.05, 3.63) is 0 Å². The number of aliphatic hydroxyl groups is 1. The van der Waals surface area contributed by atoms with E-state index in [4.69, 9.17) is 5.11 Å². The van der Waals surface area contributed by atoms with E-state index in [1.54, 1.807) is 0 Å². The fourth-order valence-corrected chi connectivity index (χ4v) is 2.86. The molecule has 0 aromatic heterocycles. The van der Waals surface area contributed by atoms with Crippen LogP contribution in [-0.4, -0.2) is 35.1 Å². The van der Waals surface area contributed by atoms with Crippen LogP contribution >= 0.6 is 0 Å². The van der Waals surface area contributed by atoms with Crippen LogP contribution in [0.2, 0.25) is 0 Å². The lowest BCUT2D eigenvalue weighted by Crippen LogP contribution is -2.38. The largest absolute Gasteiger partial charge is 0.396 e. The zero-order valence-corrected chi connectivity index (χ0v) is 12.0. The Labute approximate surface area is 112 Å². The van der Waals surface area contributed by atoms with E-state index in [9.17, 15) is 4.79 Å².